The minimum atomic E-state index is 0.194. The predicted octanol–water partition coefficient (Wildman–Crippen LogP) is 2.55. The second-order valence-electron chi connectivity index (χ2n) is 5.27. The number of aromatic nitrogens is 3. The van der Waals surface area contributed by atoms with Crippen LogP contribution >= 0.6 is 11.6 Å². The third kappa shape index (κ3) is 1.70. The fourth-order valence-corrected chi connectivity index (χ4v) is 3.62. The summed E-state index contributed by atoms with van der Waals surface area (Å²) in [4.78, 5) is 12.3. The molecule has 3 atom stereocenters. The summed E-state index contributed by atoms with van der Waals surface area (Å²) in [5, 5.41) is 0.194. The quantitative estimate of drug-likeness (QED) is 0.866. The summed E-state index contributed by atoms with van der Waals surface area (Å²) in [5.74, 6) is 2.48. The number of halogens is 1. The van der Waals surface area contributed by atoms with E-state index < -0.39 is 0 Å². The molecule has 0 spiro atoms. The van der Waals surface area contributed by atoms with Crippen LogP contribution in [0.15, 0.2) is 24.3 Å². The fraction of sp³-hybridized carbons (Fsp3) is 0.357. The van der Waals surface area contributed by atoms with Gasteiger partial charge in [-0.3, -0.25) is 0 Å². The van der Waals surface area contributed by atoms with Gasteiger partial charge >= 0.3 is 0 Å². The molecule has 0 aliphatic heterocycles. The molecule has 2 aliphatic carbocycles. The van der Waals surface area contributed by atoms with Gasteiger partial charge in [0, 0.05) is 5.92 Å². The van der Waals surface area contributed by atoms with Gasteiger partial charge in [-0.25, -0.2) is 4.98 Å². The first-order valence-electron chi connectivity index (χ1n) is 6.49. The van der Waals surface area contributed by atoms with Crippen molar-refractivity contribution in [3.63, 3.8) is 0 Å². The topological polar surface area (TPSA) is 64.7 Å². The summed E-state index contributed by atoms with van der Waals surface area (Å²) < 4.78 is 0. The Morgan fingerprint density at radius 1 is 1.11 bits per heavy atom. The Labute approximate surface area is 116 Å². The molecule has 1 aromatic carbocycles. The summed E-state index contributed by atoms with van der Waals surface area (Å²) in [7, 11) is 0. The lowest BCUT2D eigenvalue weighted by atomic mass is 9.92. The monoisotopic (exact) mass is 272 g/mol. The normalized spacial score (nSPS) is 27.5. The minimum absolute atomic E-state index is 0.194. The highest BCUT2D eigenvalue weighted by Gasteiger charge is 2.55. The number of fused-ring (bicyclic) bond motifs is 3. The first-order chi connectivity index (χ1) is 9.24. The van der Waals surface area contributed by atoms with Crippen molar-refractivity contribution < 1.29 is 0 Å². The number of rotatable bonds is 1. The average Bonchev–Trinajstić information content (AvgIpc) is 3.12. The molecule has 96 valence electrons. The highest BCUT2D eigenvalue weighted by Crippen LogP contribution is 2.64. The van der Waals surface area contributed by atoms with E-state index in [2.05, 4.69) is 39.2 Å². The molecule has 0 saturated heterocycles. The summed E-state index contributed by atoms with van der Waals surface area (Å²) in [6, 6.07) is 8.65. The number of nitrogens with two attached hydrogens (primary N) is 1. The van der Waals surface area contributed by atoms with Crippen LogP contribution in [0.5, 0.6) is 0 Å². The molecule has 19 heavy (non-hydrogen) atoms. The van der Waals surface area contributed by atoms with Crippen LogP contribution in [0.25, 0.3) is 0 Å². The maximum absolute atomic E-state index is 5.88. The lowest BCUT2D eigenvalue weighted by molar-refractivity contribution is 0.654. The zero-order valence-corrected chi connectivity index (χ0v) is 11.0. The number of aryl methyl sites for hydroxylation is 1. The molecular formula is C14H13ClN4. The Bertz CT molecular complexity index is 637. The van der Waals surface area contributed by atoms with Gasteiger partial charge in [-0.15, -0.1) is 0 Å². The van der Waals surface area contributed by atoms with E-state index in [1.807, 2.05) is 0 Å². The third-order valence-corrected chi connectivity index (χ3v) is 4.44. The number of benzene rings is 1. The summed E-state index contributed by atoms with van der Waals surface area (Å²) >= 11 is 5.88. The van der Waals surface area contributed by atoms with Gasteiger partial charge in [0.15, 0.2) is 0 Å². The zero-order valence-electron chi connectivity index (χ0n) is 10.3. The second kappa shape index (κ2) is 3.90. The van der Waals surface area contributed by atoms with E-state index >= 15 is 0 Å². The van der Waals surface area contributed by atoms with Gasteiger partial charge in [0.05, 0.1) is 0 Å². The highest BCUT2D eigenvalue weighted by molar-refractivity contribution is 6.28. The third-order valence-electron chi connectivity index (χ3n) is 4.27. The molecule has 4 nitrogen and oxygen atoms in total. The second-order valence-corrected chi connectivity index (χ2v) is 5.61. The van der Waals surface area contributed by atoms with Crippen LogP contribution in [0.4, 0.5) is 5.95 Å². The van der Waals surface area contributed by atoms with E-state index in [1.165, 1.54) is 17.5 Å². The molecule has 1 fully saturated rings. The van der Waals surface area contributed by atoms with Crippen molar-refractivity contribution in [2.24, 2.45) is 5.92 Å². The van der Waals surface area contributed by atoms with E-state index in [4.69, 9.17) is 17.3 Å². The van der Waals surface area contributed by atoms with Gasteiger partial charge < -0.3 is 5.73 Å². The SMILES string of the molecule is Nc1nc(Cl)nc(C2C3CCc4ccccc4C32)n1. The minimum Gasteiger partial charge on any atom is -0.368 e. The fourth-order valence-electron chi connectivity index (χ4n) is 3.45. The molecule has 2 N–H and O–H groups in total. The molecule has 1 heterocycles. The van der Waals surface area contributed by atoms with Crippen molar-refractivity contribution in [3.05, 3.63) is 46.5 Å². The van der Waals surface area contributed by atoms with Crippen LogP contribution in [0, 0.1) is 5.92 Å². The van der Waals surface area contributed by atoms with Gasteiger partial charge in [0.1, 0.15) is 5.82 Å². The van der Waals surface area contributed by atoms with Crippen LogP contribution in [0.2, 0.25) is 5.28 Å². The van der Waals surface area contributed by atoms with E-state index in [0.717, 1.165) is 12.2 Å². The number of hydrogen-bond acceptors (Lipinski definition) is 4. The van der Waals surface area contributed by atoms with Crippen LogP contribution in [-0.2, 0) is 6.42 Å². The van der Waals surface area contributed by atoms with Crippen LogP contribution in [0.3, 0.4) is 0 Å². The lowest BCUT2D eigenvalue weighted by Crippen LogP contribution is -2.02. The Kier molecular flexibility index (Phi) is 2.30. The van der Waals surface area contributed by atoms with Crippen LogP contribution in [0.1, 0.15) is 35.2 Å². The van der Waals surface area contributed by atoms with Gasteiger partial charge in [-0.2, -0.15) is 9.97 Å². The summed E-state index contributed by atoms with van der Waals surface area (Å²) in [6.07, 6.45) is 2.33. The Balaban J connectivity index is 1.74. The van der Waals surface area contributed by atoms with E-state index in [0.29, 0.717) is 17.8 Å². The lowest BCUT2D eigenvalue weighted by Gasteiger charge is -2.13. The van der Waals surface area contributed by atoms with Crippen molar-refractivity contribution >= 4 is 17.5 Å². The molecule has 2 aromatic rings. The summed E-state index contributed by atoms with van der Waals surface area (Å²) in [6.45, 7) is 0. The molecule has 0 bridgehead atoms. The summed E-state index contributed by atoms with van der Waals surface area (Å²) in [5.41, 5.74) is 8.56. The Hall–Kier alpha value is -1.68. The molecule has 0 radical (unpaired) electrons. The van der Waals surface area contributed by atoms with E-state index in [9.17, 15) is 0 Å². The van der Waals surface area contributed by atoms with Crippen LogP contribution in [-0.4, -0.2) is 15.0 Å². The molecule has 1 aromatic heterocycles. The number of nitrogens with zero attached hydrogens (tertiary/aromatic N) is 3. The first-order valence-corrected chi connectivity index (χ1v) is 6.86. The van der Waals surface area contributed by atoms with Crippen LogP contribution < -0.4 is 5.73 Å². The molecule has 4 rings (SSSR count). The predicted molar refractivity (Wildman–Crippen MR) is 73.0 cm³/mol. The van der Waals surface area contributed by atoms with Crippen molar-refractivity contribution in [1.82, 2.24) is 15.0 Å². The van der Waals surface area contributed by atoms with Crippen molar-refractivity contribution in [3.8, 4) is 0 Å². The van der Waals surface area contributed by atoms with Crippen molar-refractivity contribution in [1.29, 1.82) is 0 Å². The number of nitrogen functional groups attached to an aromatic ring is 1. The maximum atomic E-state index is 5.88. The maximum Gasteiger partial charge on any atom is 0.227 e. The standard InChI is InChI=1S/C14H13ClN4/c15-13-17-12(18-14(16)19-13)11-9-6-5-7-3-1-2-4-8(7)10(9)11/h1-4,9-11H,5-6H2,(H2,16,17,18,19). The highest BCUT2D eigenvalue weighted by atomic mass is 35.5. The van der Waals surface area contributed by atoms with E-state index in [-0.39, 0.29) is 11.2 Å². The van der Waals surface area contributed by atoms with Gasteiger partial charge in [-0.1, -0.05) is 24.3 Å². The zero-order chi connectivity index (χ0) is 13.0. The van der Waals surface area contributed by atoms with Gasteiger partial charge in [0.2, 0.25) is 11.2 Å². The van der Waals surface area contributed by atoms with Gasteiger partial charge in [0.25, 0.3) is 0 Å². The largest absolute Gasteiger partial charge is 0.368 e. The Morgan fingerprint density at radius 2 is 1.95 bits per heavy atom. The molecule has 2 aliphatic rings. The number of hydrogen-bond donors (Lipinski definition) is 1. The molecule has 0 amide bonds. The van der Waals surface area contributed by atoms with Gasteiger partial charge in [-0.05, 0) is 47.4 Å². The van der Waals surface area contributed by atoms with E-state index in [1.54, 1.807) is 0 Å². The molecule has 1 saturated carbocycles. The first kappa shape index (κ1) is 11.2. The molecular weight excluding hydrogens is 260 g/mol. The Morgan fingerprint density at radius 3 is 2.79 bits per heavy atom. The van der Waals surface area contributed by atoms with Crippen molar-refractivity contribution in [2.45, 2.75) is 24.7 Å². The molecule has 5 heteroatoms. The number of anilines is 1. The average molecular weight is 273 g/mol. The molecule has 3 unspecified atom stereocenters. The van der Waals surface area contributed by atoms with Crippen molar-refractivity contribution in [2.75, 3.05) is 5.73 Å². The smallest absolute Gasteiger partial charge is 0.227 e.